The van der Waals surface area contributed by atoms with Gasteiger partial charge in [0.25, 0.3) is 0 Å². The van der Waals surface area contributed by atoms with Crippen LogP contribution in [-0.2, 0) is 6.42 Å². The third kappa shape index (κ3) is 9.40. The van der Waals surface area contributed by atoms with Crippen LogP contribution in [0.1, 0.15) is 108 Å². The molecule has 150 valence electrons. The van der Waals surface area contributed by atoms with Gasteiger partial charge in [-0.05, 0) is 38.0 Å². The molecular weight excluding hydrogens is 326 g/mol. The topological polar surface area (TPSA) is 12.9 Å². The number of hydrogen-bond donors (Lipinski definition) is 0. The highest BCUT2D eigenvalue weighted by atomic mass is 14.7. The van der Waals surface area contributed by atoms with E-state index in [-0.39, 0.29) is 0 Å². The minimum absolute atomic E-state index is 1.13. The third-order valence-electron chi connectivity index (χ3n) is 5.69. The molecule has 0 saturated carbocycles. The first kappa shape index (κ1) is 21.9. The van der Waals surface area contributed by atoms with E-state index < -0.39 is 0 Å². The summed E-state index contributed by atoms with van der Waals surface area (Å²) in [6.45, 7) is 4.43. The first-order chi connectivity index (χ1) is 13.3. The van der Waals surface area contributed by atoms with E-state index in [2.05, 4.69) is 44.2 Å². The molecule has 0 N–H and O–H groups in total. The molecule has 2 rings (SSSR count). The summed E-state index contributed by atoms with van der Waals surface area (Å²) in [6, 6.07) is 11.0. The fraction of sp³-hybridized carbons (Fsp3) is 0.654. The lowest BCUT2D eigenvalue weighted by atomic mass is 10.0. The van der Waals surface area contributed by atoms with Gasteiger partial charge in [-0.15, -0.1) is 0 Å². The van der Waals surface area contributed by atoms with E-state index in [9.17, 15) is 0 Å². The van der Waals surface area contributed by atoms with Crippen LogP contribution in [0.2, 0.25) is 0 Å². The second-order valence-corrected chi connectivity index (χ2v) is 8.34. The van der Waals surface area contributed by atoms with E-state index >= 15 is 0 Å². The van der Waals surface area contributed by atoms with Gasteiger partial charge in [-0.1, -0.05) is 108 Å². The molecule has 1 aromatic heterocycles. The zero-order chi connectivity index (χ0) is 19.2. The average Bonchev–Trinajstić information content (AvgIpc) is 2.68. The molecule has 0 amide bonds. The second-order valence-electron chi connectivity index (χ2n) is 8.34. The van der Waals surface area contributed by atoms with Crippen molar-refractivity contribution in [3.8, 4) is 0 Å². The number of rotatable bonds is 15. The van der Waals surface area contributed by atoms with Gasteiger partial charge in [0.1, 0.15) is 0 Å². The SMILES string of the molecule is CCCCCCCCCCCCCCCCc1ccc2cc(C)ccc2n1. The summed E-state index contributed by atoms with van der Waals surface area (Å²) in [6.07, 6.45) is 21.0. The molecule has 0 radical (unpaired) electrons. The monoisotopic (exact) mass is 367 g/mol. The number of pyridine rings is 1. The average molecular weight is 368 g/mol. The van der Waals surface area contributed by atoms with Crippen molar-refractivity contribution in [1.82, 2.24) is 4.98 Å². The summed E-state index contributed by atoms with van der Waals surface area (Å²) < 4.78 is 0. The second kappa shape index (κ2) is 13.7. The number of aromatic nitrogens is 1. The highest BCUT2D eigenvalue weighted by Gasteiger charge is 2.00. The van der Waals surface area contributed by atoms with Crippen molar-refractivity contribution < 1.29 is 0 Å². The van der Waals surface area contributed by atoms with Gasteiger partial charge >= 0.3 is 0 Å². The number of nitrogens with zero attached hydrogens (tertiary/aromatic N) is 1. The molecule has 1 aromatic carbocycles. The van der Waals surface area contributed by atoms with Crippen LogP contribution in [0.5, 0.6) is 0 Å². The van der Waals surface area contributed by atoms with Crippen molar-refractivity contribution in [2.75, 3.05) is 0 Å². The van der Waals surface area contributed by atoms with Crippen LogP contribution < -0.4 is 0 Å². The summed E-state index contributed by atoms with van der Waals surface area (Å²) in [4.78, 5) is 4.82. The van der Waals surface area contributed by atoms with E-state index in [0.717, 1.165) is 11.9 Å². The quantitative estimate of drug-likeness (QED) is 0.287. The van der Waals surface area contributed by atoms with Gasteiger partial charge in [0, 0.05) is 11.1 Å². The molecule has 0 saturated heterocycles. The Balaban J connectivity index is 1.43. The first-order valence-electron chi connectivity index (χ1n) is 11.7. The van der Waals surface area contributed by atoms with Crippen molar-refractivity contribution >= 4 is 10.9 Å². The van der Waals surface area contributed by atoms with Gasteiger partial charge in [-0.2, -0.15) is 0 Å². The van der Waals surface area contributed by atoms with Gasteiger partial charge in [0.15, 0.2) is 0 Å². The van der Waals surface area contributed by atoms with Gasteiger partial charge in [-0.3, -0.25) is 4.98 Å². The lowest BCUT2D eigenvalue weighted by Gasteiger charge is -2.05. The van der Waals surface area contributed by atoms with Crippen molar-refractivity contribution in [1.29, 1.82) is 0 Å². The zero-order valence-electron chi connectivity index (χ0n) is 17.9. The van der Waals surface area contributed by atoms with Gasteiger partial charge in [-0.25, -0.2) is 0 Å². The number of unbranched alkanes of at least 4 members (excludes halogenated alkanes) is 13. The molecule has 1 nitrogen and oxygen atoms in total. The van der Waals surface area contributed by atoms with Crippen molar-refractivity contribution in [3.05, 3.63) is 41.6 Å². The fourth-order valence-electron chi connectivity index (χ4n) is 3.93. The molecule has 1 heterocycles. The lowest BCUT2D eigenvalue weighted by Crippen LogP contribution is -1.92. The molecule has 0 atom stereocenters. The predicted octanol–water partition coefficient (Wildman–Crippen LogP) is 8.57. The van der Waals surface area contributed by atoms with Crippen LogP contribution in [-0.4, -0.2) is 4.98 Å². The predicted molar refractivity (Wildman–Crippen MR) is 120 cm³/mol. The van der Waals surface area contributed by atoms with Crippen molar-refractivity contribution in [3.63, 3.8) is 0 Å². The highest BCUT2D eigenvalue weighted by Crippen LogP contribution is 2.17. The summed E-state index contributed by atoms with van der Waals surface area (Å²) in [5.74, 6) is 0. The Kier molecular flexibility index (Phi) is 11.2. The Morgan fingerprint density at radius 1 is 0.630 bits per heavy atom. The third-order valence-corrected chi connectivity index (χ3v) is 5.69. The summed E-state index contributed by atoms with van der Waals surface area (Å²) in [7, 11) is 0. The Labute approximate surface area is 168 Å². The molecule has 0 aliphatic heterocycles. The molecule has 0 unspecified atom stereocenters. The first-order valence-corrected chi connectivity index (χ1v) is 11.7. The van der Waals surface area contributed by atoms with Crippen LogP contribution in [0.25, 0.3) is 10.9 Å². The number of fused-ring (bicyclic) bond motifs is 1. The van der Waals surface area contributed by atoms with Crippen LogP contribution in [0, 0.1) is 6.92 Å². The van der Waals surface area contributed by atoms with Gasteiger partial charge in [0.2, 0.25) is 0 Å². The van der Waals surface area contributed by atoms with E-state index in [1.165, 1.54) is 107 Å². The molecule has 1 heteroatoms. The van der Waals surface area contributed by atoms with Crippen LogP contribution >= 0.6 is 0 Å². The molecule has 2 aromatic rings. The zero-order valence-corrected chi connectivity index (χ0v) is 17.9. The maximum atomic E-state index is 4.82. The van der Waals surface area contributed by atoms with Crippen molar-refractivity contribution in [2.24, 2.45) is 0 Å². The molecule has 0 fully saturated rings. The Morgan fingerprint density at radius 3 is 1.78 bits per heavy atom. The molecular formula is C26H41N. The summed E-state index contributed by atoms with van der Waals surface area (Å²) in [5.41, 5.74) is 3.71. The molecule has 27 heavy (non-hydrogen) atoms. The van der Waals surface area contributed by atoms with Gasteiger partial charge < -0.3 is 0 Å². The van der Waals surface area contributed by atoms with E-state index in [1.54, 1.807) is 0 Å². The Morgan fingerprint density at radius 2 is 1.19 bits per heavy atom. The Bertz CT molecular complexity index is 631. The molecule has 0 bridgehead atoms. The smallest absolute Gasteiger partial charge is 0.0705 e. The van der Waals surface area contributed by atoms with E-state index in [4.69, 9.17) is 4.98 Å². The van der Waals surface area contributed by atoms with Crippen LogP contribution in [0.3, 0.4) is 0 Å². The Hall–Kier alpha value is -1.37. The van der Waals surface area contributed by atoms with E-state index in [0.29, 0.717) is 0 Å². The molecule has 0 aliphatic carbocycles. The lowest BCUT2D eigenvalue weighted by molar-refractivity contribution is 0.535. The number of hydrogen-bond acceptors (Lipinski definition) is 1. The van der Waals surface area contributed by atoms with E-state index in [1.807, 2.05) is 0 Å². The van der Waals surface area contributed by atoms with Crippen LogP contribution in [0.15, 0.2) is 30.3 Å². The standard InChI is InChI=1S/C26H41N/c1-3-4-5-6-7-8-9-10-11-12-13-14-15-16-17-25-20-19-24-22-23(2)18-21-26(24)27-25/h18-22H,3-17H2,1-2H3. The minimum Gasteiger partial charge on any atom is -0.253 e. The largest absolute Gasteiger partial charge is 0.253 e. The highest BCUT2D eigenvalue weighted by molar-refractivity contribution is 5.79. The van der Waals surface area contributed by atoms with Crippen LogP contribution in [0.4, 0.5) is 0 Å². The fourth-order valence-corrected chi connectivity index (χ4v) is 3.93. The summed E-state index contributed by atoms with van der Waals surface area (Å²) >= 11 is 0. The summed E-state index contributed by atoms with van der Waals surface area (Å²) in [5, 5.41) is 1.26. The normalized spacial score (nSPS) is 11.3. The number of benzene rings is 1. The van der Waals surface area contributed by atoms with Crippen molar-refractivity contribution in [2.45, 2.75) is 110 Å². The molecule has 0 spiro atoms. The number of aryl methyl sites for hydroxylation is 2. The minimum atomic E-state index is 1.13. The van der Waals surface area contributed by atoms with Gasteiger partial charge in [0.05, 0.1) is 5.52 Å². The maximum Gasteiger partial charge on any atom is 0.0705 e. The maximum absolute atomic E-state index is 4.82. The molecule has 0 aliphatic rings.